The summed E-state index contributed by atoms with van der Waals surface area (Å²) in [5.74, 6) is 0.381. The van der Waals surface area contributed by atoms with Gasteiger partial charge in [-0.3, -0.25) is 4.90 Å². The highest BCUT2D eigenvalue weighted by molar-refractivity contribution is 5.74. The Labute approximate surface area is 151 Å². The standard InChI is InChI=1S/C18H25F3N4O/c19-18(20,21)13-24-8-7-15(12-24)23-17(26)22-10-14-6-9-25(11-14)16-4-2-1-3-5-16/h1-5,14-15H,6-13H2,(H2,22,23,26)/t14-,15+/m1/s1. The zero-order valence-electron chi connectivity index (χ0n) is 14.6. The van der Waals surface area contributed by atoms with E-state index in [1.165, 1.54) is 10.6 Å². The minimum Gasteiger partial charge on any atom is -0.371 e. The topological polar surface area (TPSA) is 47.6 Å². The summed E-state index contributed by atoms with van der Waals surface area (Å²) in [6.45, 7) is 2.13. The number of hydrogen-bond donors (Lipinski definition) is 2. The van der Waals surface area contributed by atoms with Gasteiger partial charge in [0.2, 0.25) is 0 Å². The summed E-state index contributed by atoms with van der Waals surface area (Å²) in [5, 5.41) is 5.66. The van der Waals surface area contributed by atoms with Crippen molar-refractivity contribution in [1.29, 1.82) is 0 Å². The summed E-state index contributed by atoms with van der Waals surface area (Å²) in [6, 6.07) is 9.66. The Morgan fingerprint density at radius 3 is 2.62 bits per heavy atom. The fourth-order valence-electron chi connectivity index (χ4n) is 3.69. The molecule has 1 aromatic rings. The first kappa shape index (κ1) is 18.8. The quantitative estimate of drug-likeness (QED) is 0.837. The lowest BCUT2D eigenvalue weighted by Crippen LogP contribution is -2.45. The van der Waals surface area contributed by atoms with Gasteiger partial charge in [-0.15, -0.1) is 0 Å². The average Bonchev–Trinajstić information content (AvgIpc) is 3.22. The van der Waals surface area contributed by atoms with Crippen LogP contribution in [0.2, 0.25) is 0 Å². The molecule has 0 saturated carbocycles. The Morgan fingerprint density at radius 1 is 1.12 bits per heavy atom. The predicted octanol–water partition coefficient (Wildman–Crippen LogP) is 2.45. The monoisotopic (exact) mass is 370 g/mol. The van der Waals surface area contributed by atoms with E-state index < -0.39 is 12.7 Å². The van der Waals surface area contributed by atoms with Gasteiger partial charge in [-0.1, -0.05) is 18.2 Å². The van der Waals surface area contributed by atoms with Crippen molar-refractivity contribution in [2.75, 3.05) is 44.2 Å². The molecule has 0 bridgehead atoms. The Balaban J connectivity index is 1.35. The normalized spacial score (nSPS) is 24.0. The van der Waals surface area contributed by atoms with Gasteiger partial charge in [-0.2, -0.15) is 13.2 Å². The van der Waals surface area contributed by atoms with Gasteiger partial charge in [-0.05, 0) is 30.9 Å². The van der Waals surface area contributed by atoms with Crippen LogP contribution in [0.15, 0.2) is 30.3 Å². The van der Waals surface area contributed by atoms with E-state index in [-0.39, 0.29) is 18.6 Å². The van der Waals surface area contributed by atoms with E-state index in [0.29, 0.717) is 25.4 Å². The molecule has 1 aromatic carbocycles. The van der Waals surface area contributed by atoms with Crippen LogP contribution in [0, 0.1) is 5.92 Å². The number of rotatable bonds is 5. The van der Waals surface area contributed by atoms with Gasteiger partial charge in [0.15, 0.2) is 0 Å². The summed E-state index contributed by atoms with van der Waals surface area (Å²) in [7, 11) is 0. The number of halogens is 3. The van der Waals surface area contributed by atoms with Crippen molar-refractivity contribution in [3.05, 3.63) is 30.3 Å². The van der Waals surface area contributed by atoms with E-state index in [4.69, 9.17) is 0 Å². The molecule has 2 N–H and O–H groups in total. The lowest BCUT2D eigenvalue weighted by molar-refractivity contribution is -0.143. The third-order valence-corrected chi connectivity index (χ3v) is 4.97. The van der Waals surface area contributed by atoms with Crippen molar-refractivity contribution in [2.45, 2.75) is 25.1 Å². The fourth-order valence-corrected chi connectivity index (χ4v) is 3.69. The number of urea groups is 1. The third kappa shape index (κ3) is 5.52. The molecule has 2 aliphatic rings. The van der Waals surface area contributed by atoms with E-state index in [2.05, 4.69) is 27.7 Å². The summed E-state index contributed by atoms with van der Waals surface area (Å²) in [6.07, 6.45) is -2.63. The van der Waals surface area contributed by atoms with Crippen LogP contribution in [0.4, 0.5) is 23.7 Å². The number of amides is 2. The number of carbonyl (C=O) groups is 1. The van der Waals surface area contributed by atoms with Crippen LogP contribution in [0.3, 0.4) is 0 Å². The minimum atomic E-state index is -4.19. The van der Waals surface area contributed by atoms with E-state index in [0.717, 1.165) is 19.5 Å². The minimum absolute atomic E-state index is 0.221. The molecule has 0 unspecified atom stereocenters. The molecular formula is C18H25F3N4O. The Bertz CT molecular complexity index is 596. The molecule has 3 rings (SSSR count). The molecule has 2 saturated heterocycles. The van der Waals surface area contributed by atoms with E-state index in [1.54, 1.807) is 0 Å². The number of hydrogen-bond acceptors (Lipinski definition) is 3. The van der Waals surface area contributed by atoms with Crippen molar-refractivity contribution in [2.24, 2.45) is 5.92 Å². The first-order chi connectivity index (χ1) is 12.4. The number of anilines is 1. The molecule has 0 aromatic heterocycles. The Morgan fingerprint density at radius 2 is 1.88 bits per heavy atom. The molecule has 2 heterocycles. The smallest absolute Gasteiger partial charge is 0.371 e. The maximum atomic E-state index is 12.4. The first-order valence-corrected chi connectivity index (χ1v) is 9.02. The molecule has 2 amide bonds. The van der Waals surface area contributed by atoms with Gasteiger partial charge in [0.1, 0.15) is 0 Å². The van der Waals surface area contributed by atoms with Gasteiger partial charge in [-0.25, -0.2) is 4.79 Å². The SMILES string of the molecule is O=C(NC[C@H]1CCN(c2ccccc2)C1)N[C@H]1CCN(CC(F)(F)F)C1. The van der Waals surface area contributed by atoms with Crippen LogP contribution >= 0.6 is 0 Å². The lowest BCUT2D eigenvalue weighted by Gasteiger charge is -2.20. The fraction of sp³-hybridized carbons (Fsp3) is 0.611. The second-order valence-electron chi connectivity index (χ2n) is 7.13. The van der Waals surface area contributed by atoms with Crippen LogP contribution in [-0.4, -0.2) is 62.4 Å². The van der Waals surface area contributed by atoms with Gasteiger partial charge >= 0.3 is 12.2 Å². The van der Waals surface area contributed by atoms with E-state index in [9.17, 15) is 18.0 Å². The molecule has 2 atom stereocenters. The van der Waals surface area contributed by atoms with Gasteiger partial charge in [0.25, 0.3) is 0 Å². The molecule has 0 aliphatic carbocycles. The second-order valence-corrected chi connectivity index (χ2v) is 7.13. The number of carbonyl (C=O) groups excluding carboxylic acids is 1. The van der Waals surface area contributed by atoms with Crippen LogP contribution in [0.25, 0.3) is 0 Å². The number of benzene rings is 1. The number of nitrogens with zero attached hydrogens (tertiary/aromatic N) is 2. The van der Waals surface area contributed by atoms with E-state index in [1.807, 2.05) is 18.2 Å². The van der Waals surface area contributed by atoms with Crippen LogP contribution in [0.5, 0.6) is 0 Å². The van der Waals surface area contributed by atoms with Crippen molar-refractivity contribution >= 4 is 11.7 Å². The van der Waals surface area contributed by atoms with Gasteiger partial charge in [0, 0.05) is 44.5 Å². The molecule has 26 heavy (non-hydrogen) atoms. The maximum absolute atomic E-state index is 12.4. The summed E-state index contributed by atoms with van der Waals surface area (Å²) < 4.78 is 37.2. The zero-order chi connectivity index (χ0) is 18.6. The molecule has 2 aliphatic heterocycles. The Kier molecular flexibility index (Phi) is 5.90. The number of likely N-dealkylation sites (tertiary alicyclic amines) is 1. The van der Waals surface area contributed by atoms with Crippen molar-refractivity contribution in [1.82, 2.24) is 15.5 Å². The number of nitrogens with one attached hydrogen (secondary N) is 2. The molecule has 2 fully saturated rings. The molecule has 0 spiro atoms. The number of para-hydroxylation sites is 1. The van der Waals surface area contributed by atoms with E-state index >= 15 is 0 Å². The highest BCUT2D eigenvalue weighted by Gasteiger charge is 2.34. The maximum Gasteiger partial charge on any atom is 0.401 e. The predicted molar refractivity (Wildman–Crippen MR) is 94.2 cm³/mol. The average molecular weight is 370 g/mol. The molecule has 0 radical (unpaired) electrons. The summed E-state index contributed by atoms with van der Waals surface area (Å²) >= 11 is 0. The van der Waals surface area contributed by atoms with Crippen LogP contribution in [0.1, 0.15) is 12.8 Å². The second kappa shape index (κ2) is 8.16. The van der Waals surface area contributed by atoms with Crippen LogP contribution < -0.4 is 15.5 Å². The van der Waals surface area contributed by atoms with Gasteiger partial charge in [0.05, 0.1) is 6.54 Å². The molecular weight excluding hydrogens is 345 g/mol. The summed E-state index contributed by atoms with van der Waals surface area (Å²) in [5.41, 5.74) is 1.19. The first-order valence-electron chi connectivity index (χ1n) is 9.02. The largest absolute Gasteiger partial charge is 0.401 e. The molecule has 5 nitrogen and oxygen atoms in total. The summed E-state index contributed by atoms with van der Waals surface area (Å²) in [4.78, 5) is 15.7. The highest BCUT2D eigenvalue weighted by Crippen LogP contribution is 2.23. The van der Waals surface area contributed by atoms with Crippen molar-refractivity contribution < 1.29 is 18.0 Å². The third-order valence-electron chi connectivity index (χ3n) is 4.97. The number of alkyl halides is 3. The molecule has 8 heteroatoms. The van der Waals surface area contributed by atoms with Crippen molar-refractivity contribution in [3.63, 3.8) is 0 Å². The molecule has 144 valence electrons. The highest BCUT2D eigenvalue weighted by atomic mass is 19.4. The lowest BCUT2D eigenvalue weighted by atomic mass is 10.1. The van der Waals surface area contributed by atoms with Gasteiger partial charge < -0.3 is 15.5 Å². The van der Waals surface area contributed by atoms with Crippen LogP contribution in [-0.2, 0) is 0 Å². The van der Waals surface area contributed by atoms with Crippen molar-refractivity contribution in [3.8, 4) is 0 Å². The Hall–Kier alpha value is -1.96. The zero-order valence-corrected chi connectivity index (χ0v) is 14.6.